The van der Waals surface area contributed by atoms with Crippen molar-refractivity contribution in [3.8, 4) is 11.5 Å². The second kappa shape index (κ2) is 12.5. The number of aromatic nitrogens is 1. The number of nitrogens with one attached hydrogen (secondary N) is 1. The van der Waals surface area contributed by atoms with Crippen molar-refractivity contribution < 1.29 is 14.3 Å². The van der Waals surface area contributed by atoms with E-state index in [9.17, 15) is 4.79 Å². The third-order valence-electron chi connectivity index (χ3n) is 4.16. The van der Waals surface area contributed by atoms with Gasteiger partial charge in [-0.3, -0.25) is 9.78 Å². The highest BCUT2D eigenvalue weighted by atomic mass is 35.5. The van der Waals surface area contributed by atoms with Crippen LogP contribution in [0.5, 0.6) is 11.5 Å². The number of pyridine rings is 1. The highest BCUT2D eigenvalue weighted by molar-refractivity contribution is 7.98. The van der Waals surface area contributed by atoms with Gasteiger partial charge in [-0.2, -0.15) is 11.8 Å². The van der Waals surface area contributed by atoms with Crippen molar-refractivity contribution in [2.24, 2.45) is 5.73 Å². The molecule has 0 bridgehead atoms. The highest BCUT2D eigenvalue weighted by Gasteiger charge is 2.17. The third-order valence-corrected chi connectivity index (χ3v) is 4.80. The van der Waals surface area contributed by atoms with E-state index in [0.717, 1.165) is 16.9 Å². The van der Waals surface area contributed by atoms with Gasteiger partial charge in [0.15, 0.2) is 11.5 Å². The fraction of sp³-hybridized carbons (Fsp3) is 0.400. The predicted octanol–water partition coefficient (Wildman–Crippen LogP) is 3.35. The van der Waals surface area contributed by atoms with E-state index in [1.54, 1.807) is 31.3 Å². The molecule has 2 rings (SSSR count). The fourth-order valence-corrected chi connectivity index (χ4v) is 2.98. The lowest BCUT2D eigenvalue weighted by molar-refractivity contribution is -0.123. The highest BCUT2D eigenvalue weighted by Crippen LogP contribution is 2.31. The van der Waals surface area contributed by atoms with E-state index >= 15 is 0 Å². The molecule has 3 N–H and O–H groups in total. The minimum absolute atomic E-state index is 0. The Morgan fingerprint density at radius 1 is 1.25 bits per heavy atom. The molecule has 1 amide bonds. The van der Waals surface area contributed by atoms with Gasteiger partial charge in [-0.15, -0.1) is 12.4 Å². The molecule has 154 valence electrons. The minimum atomic E-state index is -0.496. The SMILES string of the molecule is COc1cc(C(C)NC(=O)C(N)CCSC)ccc1OCc1ccncc1.Cl. The van der Waals surface area contributed by atoms with Crippen molar-refractivity contribution >= 4 is 30.1 Å². The van der Waals surface area contributed by atoms with E-state index < -0.39 is 6.04 Å². The first-order valence-electron chi connectivity index (χ1n) is 8.79. The van der Waals surface area contributed by atoms with Crippen molar-refractivity contribution in [2.45, 2.75) is 32.0 Å². The van der Waals surface area contributed by atoms with E-state index in [2.05, 4.69) is 10.3 Å². The van der Waals surface area contributed by atoms with Crippen LogP contribution in [-0.4, -0.2) is 36.1 Å². The lowest BCUT2D eigenvalue weighted by Gasteiger charge is -2.19. The second-order valence-corrected chi connectivity index (χ2v) is 7.16. The van der Waals surface area contributed by atoms with Gasteiger partial charge in [0.05, 0.1) is 19.2 Å². The average Bonchev–Trinajstić information content (AvgIpc) is 2.70. The Morgan fingerprint density at radius 2 is 1.96 bits per heavy atom. The zero-order chi connectivity index (χ0) is 19.6. The lowest BCUT2D eigenvalue weighted by Crippen LogP contribution is -2.41. The van der Waals surface area contributed by atoms with Gasteiger partial charge < -0.3 is 20.5 Å². The number of carbonyl (C=O) groups excluding carboxylic acids is 1. The number of carbonyl (C=O) groups is 1. The first kappa shape index (κ1) is 24.1. The smallest absolute Gasteiger partial charge is 0.237 e. The van der Waals surface area contributed by atoms with Crippen LogP contribution < -0.4 is 20.5 Å². The standard InChI is InChI=1S/C20H27N3O3S.ClH/c1-14(23-20(24)17(21)8-11-27-3)16-4-5-18(19(12-16)25-2)26-13-15-6-9-22-10-7-15;/h4-7,9-10,12,14,17H,8,11,13,21H2,1-3H3,(H,23,24);1H. The number of benzene rings is 1. The molecule has 2 atom stereocenters. The van der Waals surface area contributed by atoms with Crippen LogP contribution in [-0.2, 0) is 11.4 Å². The zero-order valence-electron chi connectivity index (χ0n) is 16.4. The molecule has 8 heteroatoms. The van der Waals surface area contributed by atoms with Gasteiger partial charge in [0.2, 0.25) is 5.91 Å². The van der Waals surface area contributed by atoms with Gasteiger partial charge in [0.1, 0.15) is 6.61 Å². The van der Waals surface area contributed by atoms with Crippen molar-refractivity contribution in [1.29, 1.82) is 0 Å². The molecule has 0 fully saturated rings. The second-order valence-electron chi connectivity index (χ2n) is 6.17. The maximum absolute atomic E-state index is 12.2. The molecule has 0 aliphatic heterocycles. The van der Waals surface area contributed by atoms with Gasteiger partial charge in [-0.1, -0.05) is 6.07 Å². The van der Waals surface area contributed by atoms with E-state index in [-0.39, 0.29) is 24.4 Å². The molecule has 0 saturated heterocycles. The fourth-order valence-electron chi connectivity index (χ4n) is 2.49. The summed E-state index contributed by atoms with van der Waals surface area (Å²) in [5.41, 5.74) is 7.88. The molecule has 0 radical (unpaired) electrons. The van der Waals surface area contributed by atoms with Gasteiger partial charge in [0, 0.05) is 12.4 Å². The Kier molecular flexibility index (Phi) is 10.7. The number of ether oxygens (including phenoxy) is 2. The van der Waals surface area contributed by atoms with Crippen LogP contribution in [0.1, 0.15) is 30.5 Å². The van der Waals surface area contributed by atoms with Crippen LogP contribution >= 0.6 is 24.2 Å². The normalized spacial score (nSPS) is 12.4. The van der Waals surface area contributed by atoms with Crippen LogP contribution in [0.15, 0.2) is 42.7 Å². The summed E-state index contributed by atoms with van der Waals surface area (Å²) in [7, 11) is 1.60. The predicted molar refractivity (Wildman–Crippen MR) is 116 cm³/mol. The number of thioether (sulfide) groups is 1. The van der Waals surface area contributed by atoms with E-state index in [1.807, 2.05) is 43.5 Å². The summed E-state index contributed by atoms with van der Waals surface area (Å²) < 4.78 is 11.3. The molecule has 28 heavy (non-hydrogen) atoms. The topological polar surface area (TPSA) is 86.5 Å². The van der Waals surface area contributed by atoms with Crippen molar-refractivity contribution in [3.05, 3.63) is 53.9 Å². The molecular weight excluding hydrogens is 398 g/mol. The van der Waals surface area contributed by atoms with Crippen LogP contribution in [0.2, 0.25) is 0 Å². The zero-order valence-corrected chi connectivity index (χ0v) is 18.0. The van der Waals surface area contributed by atoms with Gasteiger partial charge in [0.25, 0.3) is 0 Å². The van der Waals surface area contributed by atoms with Crippen LogP contribution in [0.25, 0.3) is 0 Å². The van der Waals surface area contributed by atoms with Crippen molar-refractivity contribution in [3.63, 3.8) is 0 Å². The summed E-state index contributed by atoms with van der Waals surface area (Å²) in [6, 6.07) is 8.78. The quantitative estimate of drug-likeness (QED) is 0.607. The molecule has 1 aromatic heterocycles. The molecule has 1 aromatic carbocycles. The number of hydrogen-bond donors (Lipinski definition) is 2. The average molecular weight is 426 g/mol. The summed E-state index contributed by atoms with van der Waals surface area (Å²) in [6.07, 6.45) is 6.11. The Hall–Kier alpha value is -1.96. The molecule has 0 spiro atoms. The lowest BCUT2D eigenvalue weighted by atomic mass is 10.1. The Bertz CT molecular complexity index is 734. The third kappa shape index (κ3) is 7.22. The first-order valence-corrected chi connectivity index (χ1v) is 10.2. The molecular formula is C20H28ClN3O3S. The number of hydrogen-bond acceptors (Lipinski definition) is 6. The van der Waals surface area contributed by atoms with Gasteiger partial charge in [-0.05, 0) is 60.7 Å². The van der Waals surface area contributed by atoms with Crippen molar-refractivity contribution in [1.82, 2.24) is 10.3 Å². The van der Waals surface area contributed by atoms with E-state index in [0.29, 0.717) is 24.5 Å². The number of amides is 1. The molecule has 1 heterocycles. The minimum Gasteiger partial charge on any atom is -0.493 e. The Morgan fingerprint density at radius 3 is 2.61 bits per heavy atom. The number of nitrogens with two attached hydrogens (primary N) is 1. The molecule has 2 unspecified atom stereocenters. The van der Waals surface area contributed by atoms with Gasteiger partial charge in [-0.25, -0.2) is 0 Å². The summed E-state index contributed by atoms with van der Waals surface area (Å²) in [6.45, 7) is 2.35. The molecule has 6 nitrogen and oxygen atoms in total. The molecule has 0 aliphatic carbocycles. The molecule has 0 saturated carbocycles. The molecule has 0 aliphatic rings. The number of rotatable bonds is 10. The summed E-state index contributed by atoms with van der Waals surface area (Å²) in [5.74, 6) is 1.98. The summed E-state index contributed by atoms with van der Waals surface area (Å²) >= 11 is 1.68. The maximum Gasteiger partial charge on any atom is 0.237 e. The van der Waals surface area contributed by atoms with Crippen molar-refractivity contribution in [2.75, 3.05) is 19.1 Å². The van der Waals surface area contributed by atoms with Gasteiger partial charge >= 0.3 is 0 Å². The van der Waals surface area contributed by atoms with Crippen LogP contribution in [0.4, 0.5) is 0 Å². The largest absolute Gasteiger partial charge is 0.493 e. The Balaban J connectivity index is 0.00000392. The number of halogens is 1. The van der Waals surface area contributed by atoms with E-state index in [1.165, 1.54) is 0 Å². The summed E-state index contributed by atoms with van der Waals surface area (Å²) in [5, 5.41) is 2.96. The number of methoxy groups -OCH3 is 1. The first-order chi connectivity index (χ1) is 13.0. The monoisotopic (exact) mass is 425 g/mol. The molecule has 2 aromatic rings. The number of nitrogens with zero attached hydrogens (tertiary/aromatic N) is 1. The maximum atomic E-state index is 12.2. The van der Waals surface area contributed by atoms with E-state index in [4.69, 9.17) is 15.2 Å². The summed E-state index contributed by atoms with van der Waals surface area (Å²) in [4.78, 5) is 16.2. The van der Waals surface area contributed by atoms with Crippen LogP contribution in [0, 0.1) is 0 Å². The Labute approximate surface area is 177 Å². The van der Waals surface area contributed by atoms with Crippen LogP contribution in [0.3, 0.4) is 0 Å².